The molecule has 6 nitrogen and oxygen atoms in total. The van der Waals surface area contributed by atoms with Crippen LogP contribution in [0.2, 0.25) is 5.02 Å². The summed E-state index contributed by atoms with van der Waals surface area (Å²) in [6, 6.07) is 9.50. The van der Waals surface area contributed by atoms with Gasteiger partial charge in [0, 0.05) is 24.0 Å². The fraction of sp³-hybridized carbons (Fsp3) is 0.333. The molecule has 1 aliphatic heterocycles. The maximum Gasteiger partial charge on any atom is 0.252 e. The van der Waals surface area contributed by atoms with E-state index in [2.05, 4.69) is 5.32 Å². The molecule has 1 aromatic carbocycles. The molecule has 0 unspecified atom stereocenters. The predicted molar refractivity (Wildman–Crippen MR) is 105 cm³/mol. The lowest BCUT2D eigenvalue weighted by Gasteiger charge is -2.34. The van der Waals surface area contributed by atoms with Crippen molar-refractivity contribution in [3.63, 3.8) is 0 Å². The van der Waals surface area contributed by atoms with Gasteiger partial charge in [0.05, 0.1) is 11.3 Å². The van der Waals surface area contributed by atoms with Gasteiger partial charge < -0.3 is 5.32 Å². The predicted octanol–water partition coefficient (Wildman–Crippen LogP) is 3.85. The van der Waals surface area contributed by atoms with Crippen molar-refractivity contribution in [2.24, 2.45) is 0 Å². The molecule has 0 bridgehead atoms. The van der Waals surface area contributed by atoms with Crippen LogP contribution < -0.4 is 5.32 Å². The van der Waals surface area contributed by atoms with Crippen molar-refractivity contribution in [3.8, 4) is 6.07 Å². The van der Waals surface area contributed by atoms with Crippen LogP contribution in [-0.4, -0.2) is 31.2 Å². The van der Waals surface area contributed by atoms with Crippen LogP contribution in [0.3, 0.4) is 0 Å². The molecule has 1 fully saturated rings. The van der Waals surface area contributed by atoms with Crippen LogP contribution in [0.1, 0.15) is 31.2 Å². The summed E-state index contributed by atoms with van der Waals surface area (Å²) in [6.45, 7) is 0.402. The smallest absolute Gasteiger partial charge is 0.252 e. The average Bonchev–Trinajstić information content (AvgIpc) is 3.18. The van der Waals surface area contributed by atoms with Gasteiger partial charge in [-0.2, -0.15) is 9.57 Å². The van der Waals surface area contributed by atoms with Crippen molar-refractivity contribution in [3.05, 3.63) is 46.3 Å². The molecule has 1 atom stereocenters. The number of hydrogen-bond acceptors (Lipinski definition) is 5. The highest BCUT2D eigenvalue weighted by molar-refractivity contribution is 7.91. The molecule has 27 heavy (non-hydrogen) atoms. The first-order valence-corrected chi connectivity index (χ1v) is 11.2. The molecule has 1 saturated heterocycles. The Morgan fingerprint density at radius 2 is 2.19 bits per heavy atom. The number of rotatable bonds is 5. The molecule has 0 aliphatic carbocycles. The lowest BCUT2D eigenvalue weighted by molar-refractivity contribution is -0.117. The van der Waals surface area contributed by atoms with E-state index in [9.17, 15) is 13.2 Å². The summed E-state index contributed by atoms with van der Waals surface area (Å²) in [5.74, 6) is -0.341. The van der Waals surface area contributed by atoms with E-state index in [1.165, 1.54) is 27.8 Å². The van der Waals surface area contributed by atoms with Crippen LogP contribution in [-0.2, 0) is 14.8 Å². The Balaban J connectivity index is 1.76. The number of nitrogens with zero attached hydrogens (tertiary/aromatic N) is 2. The van der Waals surface area contributed by atoms with Gasteiger partial charge in [0.25, 0.3) is 10.0 Å². The first-order valence-electron chi connectivity index (χ1n) is 8.46. The normalized spacial score (nSPS) is 18.0. The second-order valence-electron chi connectivity index (χ2n) is 6.25. The third kappa shape index (κ3) is 4.50. The van der Waals surface area contributed by atoms with Crippen LogP contribution in [0.25, 0.3) is 0 Å². The molecule has 0 radical (unpaired) electrons. The van der Waals surface area contributed by atoms with Crippen molar-refractivity contribution >= 4 is 44.6 Å². The number of piperidine rings is 1. The van der Waals surface area contributed by atoms with Gasteiger partial charge in [-0.05, 0) is 42.5 Å². The number of halogens is 1. The minimum Gasteiger partial charge on any atom is -0.325 e. The number of carbonyl (C=O) groups excluding carboxylic acids is 1. The maximum absolute atomic E-state index is 12.9. The average molecular weight is 424 g/mol. The number of carbonyl (C=O) groups is 1. The van der Waals surface area contributed by atoms with Gasteiger partial charge in [0.15, 0.2) is 0 Å². The van der Waals surface area contributed by atoms with E-state index < -0.39 is 16.1 Å². The second kappa shape index (κ2) is 8.40. The highest BCUT2D eigenvalue weighted by Gasteiger charge is 2.35. The molecule has 0 saturated carbocycles. The van der Waals surface area contributed by atoms with Gasteiger partial charge in [-0.25, -0.2) is 8.42 Å². The maximum atomic E-state index is 12.9. The van der Waals surface area contributed by atoms with Gasteiger partial charge in [0.2, 0.25) is 5.91 Å². The van der Waals surface area contributed by atoms with Crippen LogP contribution in [0.4, 0.5) is 5.69 Å². The van der Waals surface area contributed by atoms with E-state index in [4.69, 9.17) is 16.9 Å². The zero-order valence-corrected chi connectivity index (χ0v) is 16.8. The van der Waals surface area contributed by atoms with Crippen LogP contribution in [0.5, 0.6) is 0 Å². The molecule has 1 aromatic heterocycles. The first kappa shape index (κ1) is 19.8. The Labute approximate surface area is 167 Å². The van der Waals surface area contributed by atoms with E-state index in [-0.39, 0.29) is 16.5 Å². The quantitative estimate of drug-likeness (QED) is 0.790. The highest BCUT2D eigenvalue weighted by Crippen LogP contribution is 2.29. The second-order valence-corrected chi connectivity index (χ2v) is 9.75. The molecular weight excluding hydrogens is 406 g/mol. The zero-order chi connectivity index (χ0) is 19.4. The molecule has 2 aromatic rings. The molecular formula is C18H18ClN3O3S2. The molecule has 9 heteroatoms. The lowest BCUT2D eigenvalue weighted by Crippen LogP contribution is -2.45. The van der Waals surface area contributed by atoms with Gasteiger partial charge in [-0.1, -0.05) is 24.1 Å². The van der Waals surface area contributed by atoms with Crippen molar-refractivity contribution in [1.82, 2.24) is 4.31 Å². The van der Waals surface area contributed by atoms with Gasteiger partial charge in [0.1, 0.15) is 10.3 Å². The number of amides is 1. The summed E-state index contributed by atoms with van der Waals surface area (Å²) in [7, 11) is -3.61. The van der Waals surface area contributed by atoms with Crippen molar-refractivity contribution in [2.45, 2.75) is 35.9 Å². The number of nitriles is 1. The summed E-state index contributed by atoms with van der Waals surface area (Å²) in [4.78, 5) is 12.5. The molecule has 2 heterocycles. The van der Waals surface area contributed by atoms with E-state index in [0.29, 0.717) is 29.2 Å². The SMILES string of the molecule is N#Cc1ccc(Cl)cc1NC(=O)C[C@H]1CCCCN1S(=O)(=O)c1cccs1. The number of sulfonamides is 1. The number of hydrogen-bond donors (Lipinski definition) is 1. The van der Waals surface area contributed by atoms with Gasteiger partial charge in [-0.15, -0.1) is 11.3 Å². The Morgan fingerprint density at radius 1 is 1.37 bits per heavy atom. The van der Waals surface area contributed by atoms with E-state index in [0.717, 1.165) is 12.8 Å². The summed E-state index contributed by atoms with van der Waals surface area (Å²) >= 11 is 7.11. The summed E-state index contributed by atoms with van der Waals surface area (Å²) in [6.07, 6.45) is 2.30. The first-order chi connectivity index (χ1) is 12.9. The molecule has 1 N–H and O–H groups in total. The van der Waals surface area contributed by atoms with E-state index >= 15 is 0 Å². The summed E-state index contributed by atoms with van der Waals surface area (Å²) in [5, 5.41) is 14.0. The van der Waals surface area contributed by atoms with Gasteiger partial charge >= 0.3 is 0 Å². The summed E-state index contributed by atoms with van der Waals surface area (Å²) in [5.41, 5.74) is 0.637. The van der Waals surface area contributed by atoms with Crippen LogP contribution in [0.15, 0.2) is 39.9 Å². The molecule has 3 rings (SSSR count). The third-order valence-corrected chi connectivity index (χ3v) is 7.99. The Kier molecular flexibility index (Phi) is 6.17. The van der Waals surface area contributed by atoms with Gasteiger partial charge in [-0.3, -0.25) is 4.79 Å². The Morgan fingerprint density at radius 3 is 2.89 bits per heavy atom. The molecule has 142 valence electrons. The van der Waals surface area contributed by atoms with Crippen LogP contribution in [0, 0.1) is 11.3 Å². The third-order valence-electron chi connectivity index (χ3n) is 4.43. The topological polar surface area (TPSA) is 90.3 Å². The number of thiophene rings is 1. The van der Waals surface area contributed by atoms with Crippen LogP contribution >= 0.6 is 22.9 Å². The highest BCUT2D eigenvalue weighted by atomic mass is 35.5. The van der Waals surface area contributed by atoms with E-state index in [1.54, 1.807) is 23.6 Å². The van der Waals surface area contributed by atoms with Crippen molar-refractivity contribution in [2.75, 3.05) is 11.9 Å². The van der Waals surface area contributed by atoms with Crippen molar-refractivity contribution in [1.29, 1.82) is 5.26 Å². The minimum absolute atomic E-state index is 0.0297. The fourth-order valence-corrected chi connectivity index (χ4v) is 6.14. The number of anilines is 1. The standard InChI is InChI=1S/C18H18ClN3O3S2/c19-14-7-6-13(12-20)16(10-14)21-17(23)11-15-4-1-2-8-22(15)27(24,25)18-5-3-9-26-18/h3,5-7,9-10,15H,1-2,4,8,11H2,(H,21,23)/t15-/m1/s1. The largest absolute Gasteiger partial charge is 0.325 e. The zero-order valence-electron chi connectivity index (χ0n) is 14.4. The number of benzene rings is 1. The Bertz CT molecular complexity index is 968. The lowest BCUT2D eigenvalue weighted by atomic mass is 10.0. The number of nitrogens with one attached hydrogen (secondary N) is 1. The fourth-order valence-electron chi connectivity index (χ4n) is 3.15. The Hall–Kier alpha value is -1.92. The summed E-state index contributed by atoms with van der Waals surface area (Å²) < 4.78 is 27.5. The monoisotopic (exact) mass is 423 g/mol. The minimum atomic E-state index is -3.61. The van der Waals surface area contributed by atoms with E-state index in [1.807, 2.05) is 6.07 Å². The molecule has 1 amide bonds. The molecule has 1 aliphatic rings. The molecule has 0 spiro atoms. The van der Waals surface area contributed by atoms with Crippen molar-refractivity contribution < 1.29 is 13.2 Å².